The van der Waals surface area contributed by atoms with Crippen LogP contribution in [0.3, 0.4) is 0 Å². The van der Waals surface area contributed by atoms with Gasteiger partial charge in [-0.2, -0.15) is 0 Å². The van der Waals surface area contributed by atoms with Gasteiger partial charge < -0.3 is 5.11 Å². The molecule has 82 valence electrons. The van der Waals surface area contributed by atoms with E-state index in [0.29, 0.717) is 6.42 Å². The van der Waals surface area contributed by atoms with Crippen LogP contribution in [0.2, 0.25) is 0 Å². The molecule has 1 N–H and O–H groups in total. The molecule has 0 bridgehead atoms. The lowest BCUT2D eigenvalue weighted by atomic mass is 9.82. The predicted molar refractivity (Wildman–Crippen MR) is 53.7 cm³/mol. The quantitative estimate of drug-likeness (QED) is 0.558. The summed E-state index contributed by atoms with van der Waals surface area (Å²) in [4.78, 5) is 10.3. The highest BCUT2D eigenvalue weighted by molar-refractivity contribution is 4.78. The third kappa shape index (κ3) is 2.67. The lowest BCUT2D eigenvalue weighted by Gasteiger charge is -2.27. The monoisotopic (exact) mass is 201 g/mol. The maximum Gasteiger partial charge on any atom is 0.238 e. The SMILES string of the molecule is CC[C@H]([C@H](O)C1CCCCC1)[N+](=O)[O-]. The number of rotatable bonds is 4. The topological polar surface area (TPSA) is 63.4 Å². The first-order valence-electron chi connectivity index (χ1n) is 5.48. The van der Waals surface area contributed by atoms with Gasteiger partial charge in [-0.05, 0) is 18.8 Å². The van der Waals surface area contributed by atoms with Crippen LogP contribution in [-0.4, -0.2) is 22.2 Å². The van der Waals surface area contributed by atoms with E-state index in [1.54, 1.807) is 6.92 Å². The van der Waals surface area contributed by atoms with Crippen LogP contribution in [0.4, 0.5) is 0 Å². The fourth-order valence-electron chi connectivity index (χ4n) is 2.31. The molecule has 0 aromatic rings. The van der Waals surface area contributed by atoms with Gasteiger partial charge >= 0.3 is 0 Å². The van der Waals surface area contributed by atoms with Crippen molar-refractivity contribution in [3.8, 4) is 0 Å². The molecule has 14 heavy (non-hydrogen) atoms. The Balaban J connectivity index is 2.51. The Kier molecular flexibility index (Phi) is 4.32. The molecule has 0 amide bonds. The Morgan fingerprint density at radius 1 is 1.43 bits per heavy atom. The number of hydrogen-bond donors (Lipinski definition) is 1. The zero-order valence-corrected chi connectivity index (χ0v) is 8.69. The second-order valence-corrected chi connectivity index (χ2v) is 4.15. The molecule has 1 rings (SSSR count). The number of aliphatic hydroxyl groups excluding tert-OH is 1. The van der Waals surface area contributed by atoms with E-state index in [-0.39, 0.29) is 10.8 Å². The molecule has 1 aliphatic carbocycles. The van der Waals surface area contributed by atoms with E-state index in [2.05, 4.69) is 0 Å². The average molecular weight is 201 g/mol. The molecular formula is C10H19NO3. The van der Waals surface area contributed by atoms with Crippen molar-refractivity contribution < 1.29 is 10.0 Å². The second kappa shape index (κ2) is 5.29. The Morgan fingerprint density at radius 2 is 2.00 bits per heavy atom. The van der Waals surface area contributed by atoms with Crippen LogP contribution in [0, 0.1) is 16.0 Å². The Labute approximate surface area is 84.5 Å². The van der Waals surface area contributed by atoms with Crippen LogP contribution >= 0.6 is 0 Å². The van der Waals surface area contributed by atoms with Crippen molar-refractivity contribution in [2.24, 2.45) is 5.92 Å². The van der Waals surface area contributed by atoms with Gasteiger partial charge in [0.1, 0.15) is 6.10 Å². The fourth-order valence-corrected chi connectivity index (χ4v) is 2.31. The zero-order chi connectivity index (χ0) is 10.6. The van der Waals surface area contributed by atoms with Gasteiger partial charge in [0, 0.05) is 11.3 Å². The van der Waals surface area contributed by atoms with Crippen molar-refractivity contribution in [2.75, 3.05) is 0 Å². The van der Waals surface area contributed by atoms with Gasteiger partial charge in [-0.1, -0.05) is 26.2 Å². The van der Waals surface area contributed by atoms with E-state index in [1.807, 2.05) is 0 Å². The number of nitro groups is 1. The van der Waals surface area contributed by atoms with Gasteiger partial charge in [0.25, 0.3) is 0 Å². The highest BCUT2D eigenvalue weighted by Gasteiger charge is 2.34. The third-order valence-corrected chi connectivity index (χ3v) is 3.22. The van der Waals surface area contributed by atoms with Gasteiger partial charge in [0.15, 0.2) is 0 Å². The first kappa shape index (κ1) is 11.4. The average Bonchev–Trinajstić information content (AvgIpc) is 2.19. The Morgan fingerprint density at radius 3 is 2.43 bits per heavy atom. The van der Waals surface area contributed by atoms with Crippen LogP contribution in [-0.2, 0) is 0 Å². The lowest BCUT2D eigenvalue weighted by Crippen LogP contribution is -2.39. The van der Waals surface area contributed by atoms with E-state index in [9.17, 15) is 15.2 Å². The lowest BCUT2D eigenvalue weighted by molar-refractivity contribution is -0.537. The Hall–Kier alpha value is -0.640. The standard InChI is InChI=1S/C10H19NO3/c1-2-9(11(13)14)10(12)8-6-4-3-5-7-8/h8-10,12H,2-7H2,1H3/t9-,10-/m1/s1. The molecule has 1 aliphatic rings. The molecule has 0 saturated heterocycles. The Bertz CT molecular complexity index is 190. The van der Waals surface area contributed by atoms with Crippen LogP contribution in [0.5, 0.6) is 0 Å². The third-order valence-electron chi connectivity index (χ3n) is 3.22. The summed E-state index contributed by atoms with van der Waals surface area (Å²) in [5.41, 5.74) is 0. The number of aliphatic hydroxyl groups is 1. The predicted octanol–water partition coefficient (Wildman–Crippen LogP) is 1.98. The molecule has 1 saturated carbocycles. The molecule has 0 unspecified atom stereocenters. The highest BCUT2D eigenvalue weighted by atomic mass is 16.6. The van der Waals surface area contributed by atoms with Crippen molar-refractivity contribution in [1.82, 2.24) is 0 Å². The summed E-state index contributed by atoms with van der Waals surface area (Å²) in [6, 6.07) is -0.766. The van der Waals surface area contributed by atoms with Gasteiger partial charge in [-0.25, -0.2) is 0 Å². The van der Waals surface area contributed by atoms with Crippen LogP contribution in [0.1, 0.15) is 45.4 Å². The van der Waals surface area contributed by atoms with Crippen molar-refractivity contribution in [3.63, 3.8) is 0 Å². The molecule has 2 atom stereocenters. The van der Waals surface area contributed by atoms with Crippen molar-refractivity contribution in [1.29, 1.82) is 0 Å². The first-order chi connectivity index (χ1) is 6.66. The molecule has 0 heterocycles. The molecule has 0 aromatic heterocycles. The maximum absolute atomic E-state index is 10.7. The number of nitrogens with zero attached hydrogens (tertiary/aromatic N) is 1. The van der Waals surface area contributed by atoms with Crippen LogP contribution in [0.15, 0.2) is 0 Å². The molecule has 0 aromatic carbocycles. The van der Waals surface area contributed by atoms with Gasteiger partial charge in [0.2, 0.25) is 6.04 Å². The van der Waals surface area contributed by atoms with Crippen LogP contribution in [0.25, 0.3) is 0 Å². The largest absolute Gasteiger partial charge is 0.386 e. The van der Waals surface area contributed by atoms with Crippen molar-refractivity contribution in [3.05, 3.63) is 10.1 Å². The molecule has 4 heteroatoms. The first-order valence-corrected chi connectivity index (χ1v) is 5.48. The zero-order valence-electron chi connectivity index (χ0n) is 8.69. The minimum absolute atomic E-state index is 0.152. The summed E-state index contributed by atoms with van der Waals surface area (Å²) in [5, 5.41) is 20.5. The molecule has 0 aliphatic heterocycles. The summed E-state index contributed by atoms with van der Waals surface area (Å²) in [7, 11) is 0. The van der Waals surface area contributed by atoms with E-state index in [1.165, 1.54) is 6.42 Å². The molecule has 0 radical (unpaired) electrons. The summed E-state index contributed by atoms with van der Waals surface area (Å²) in [5.74, 6) is 0.152. The minimum Gasteiger partial charge on any atom is -0.386 e. The smallest absolute Gasteiger partial charge is 0.238 e. The summed E-state index contributed by atoms with van der Waals surface area (Å²) in [6.07, 6.45) is 5.00. The van der Waals surface area contributed by atoms with E-state index < -0.39 is 12.1 Å². The van der Waals surface area contributed by atoms with Crippen LogP contribution < -0.4 is 0 Å². The van der Waals surface area contributed by atoms with E-state index in [0.717, 1.165) is 25.7 Å². The highest BCUT2D eigenvalue weighted by Crippen LogP contribution is 2.28. The molecule has 4 nitrogen and oxygen atoms in total. The molecular weight excluding hydrogens is 182 g/mol. The van der Waals surface area contributed by atoms with Gasteiger partial charge in [-0.3, -0.25) is 10.1 Å². The second-order valence-electron chi connectivity index (χ2n) is 4.15. The summed E-state index contributed by atoms with van der Waals surface area (Å²) in [6.45, 7) is 1.76. The van der Waals surface area contributed by atoms with Gasteiger partial charge in [-0.15, -0.1) is 0 Å². The van der Waals surface area contributed by atoms with E-state index in [4.69, 9.17) is 0 Å². The van der Waals surface area contributed by atoms with Crippen molar-refractivity contribution in [2.45, 2.75) is 57.6 Å². The summed E-state index contributed by atoms with van der Waals surface area (Å²) < 4.78 is 0. The maximum atomic E-state index is 10.7. The van der Waals surface area contributed by atoms with Gasteiger partial charge in [0.05, 0.1) is 0 Å². The normalized spacial score (nSPS) is 23.0. The summed E-state index contributed by atoms with van der Waals surface area (Å²) >= 11 is 0. The minimum atomic E-state index is -0.766. The van der Waals surface area contributed by atoms with Crippen molar-refractivity contribution >= 4 is 0 Å². The van der Waals surface area contributed by atoms with E-state index >= 15 is 0 Å². The molecule has 1 fully saturated rings. The fraction of sp³-hybridized carbons (Fsp3) is 1.00. The molecule has 0 spiro atoms. The number of hydrogen-bond acceptors (Lipinski definition) is 3.